The molecule has 1 aliphatic heterocycles. The van der Waals surface area contributed by atoms with E-state index in [1.807, 2.05) is 6.07 Å². The summed E-state index contributed by atoms with van der Waals surface area (Å²) >= 11 is 0. The van der Waals surface area contributed by atoms with Gasteiger partial charge in [0.15, 0.2) is 5.82 Å². The SMILES string of the molecule is CN1CCN(Cc2ccc(NC(=O)Cc3nc4ncccn4n3)c(F)c2)CC1. The first-order valence-electron chi connectivity index (χ1n) is 9.22. The van der Waals surface area contributed by atoms with Crippen LogP contribution in [0.15, 0.2) is 36.7 Å². The second-order valence-corrected chi connectivity index (χ2v) is 7.01. The Morgan fingerprint density at radius 3 is 2.82 bits per heavy atom. The summed E-state index contributed by atoms with van der Waals surface area (Å²) in [6.07, 6.45) is 3.26. The Bertz CT molecular complexity index is 948. The summed E-state index contributed by atoms with van der Waals surface area (Å²) in [5, 5.41) is 6.78. The average molecular weight is 383 g/mol. The Hall–Kier alpha value is -2.91. The molecule has 0 bridgehead atoms. The van der Waals surface area contributed by atoms with Crippen molar-refractivity contribution in [3.8, 4) is 0 Å². The van der Waals surface area contributed by atoms with Crippen molar-refractivity contribution in [2.45, 2.75) is 13.0 Å². The lowest BCUT2D eigenvalue weighted by Gasteiger charge is -2.32. The smallest absolute Gasteiger partial charge is 0.252 e. The van der Waals surface area contributed by atoms with E-state index in [-0.39, 0.29) is 18.0 Å². The van der Waals surface area contributed by atoms with Crippen LogP contribution in [0.4, 0.5) is 10.1 Å². The molecule has 0 spiro atoms. The first-order chi connectivity index (χ1) is 13.6. The number of amides is 1. The van der Waals surface area contributed by atoms with Crippen LogP contribution in [0.2, 0.25) is 0 Å². The molecule has 0 aliphatic carbocycles. The van der Waals surface area contributed by atoms with Crippen LogP contribution in [0.25, 0.3) is 5.78 Å². The second kappa shape index (κ2) is 7.99. The molecule has 2 aromatic heterocycles. The van der Waals surface area contributed by atoms with Gasteiger partial charge in [-0.1, -0.05) is 6.07 Å². The molecule has 0 radical (unpaired) electrons. The maximum atomic E-state index is 14.4. The molecule has 146 valence electrons. The van der Waals surface area contributed by atoms with Gasteiger partial charge in [-0.05, 0) is 30.8 Å². The van der Waals surface area contributed by atoms with Crippen LogP contribution in [-0.2, 0) is 17.8 Å². The first-order valence-corrected chi connectivity index (χ1v) is 9.22. The lowest BCUT2D eigenvalue weighted by atomic mass is 10.1. The number of hydrogen-bond acceptors (Lipinski definition) is 6. The van der Waals surface area contributed by atoms with E-state index in [4.69, 9.17) is 0 Å². The number of nitrogens with zero attached hydrogens (tertiary/aromatic N) is 6. The van der Waals surface area contributed by atoms with Gasteiger partial charge < -0.3 is 10.2 Å². The molecule has 3 heterocycles. The number of halogens is 1. The summed E-state index contributed by atoms with van der Waals surface area (Å²) in [5.74, 6) is -0.0562. The fraction of sp³-hybridized carbons (Fsp3) is 0.368. The number of anilines is 1. The molecule has 1 saturated heterocycles. The van der Waals surface area contributed by atoms with Crippen molar-refractivity contribution >= 4 is 17.4 Å². The Kier molecular flexibility index (Phi) is 5.27. The molecule has 3 aromatic rings. The van der Waals surface area contributed by atoms with E-state index in [1.54, 1.807) is 24.5 Å². The minimum Gasteiger partial charge on any atom is -0.323 e. The van der Waals surface area contributed by atoms with Crippen molar-refractivity contribution < 1.29 is 9.18 Å². The largest absolute Gasteiger partial charge is 0.323 e. The van der Waals surface area contributed by atoms with Crippen molar-refractivity contribution in [3.05, 3.63) is 53.9 Å². The number of aromatic nitrogens is 4. The first kappa shape index (κ1) is 18.5. The number of hydrogen-bond donors (Lipinski definition) is 1. The molecule has 1 aromatic carbocycles. The predicted molar refractivity (Wildman–Crippen MR) is 102 cm³/mol. The van der Waals surface area contributed by atoms with Gasteiger partial charge in [-0.15, -0.1) is 5.10 Å². The van der Waals surface area contributed by atoms with Gasteiger partial charge in [0, 0.05) is 45.1 Å². The summed E-state index contributed by atoms with van der Waals surface area (Å²) in [5.41, 5.74) is 1.06. The number of benzene rings is 1. The summed E-state index contributed by atoms with van der Waals surface area (Å²) in [6.45, 7) is 4.68. The van der Waals surface area contributed by atoms with E-state index >= 15 is 0 Å². The van der Waals surface area contributed by atoms with Crippen molar-refractivity contribution in [2.24, 2.45) is 0 Å². The highest BCUT2D eigenvalue weighted by Crippen LogP contribution is 2.18. The summed E-state index contributed by atoms with van der Waals surface area (Å²) in [7, 11) is 2.10. The van der Waals surface area contributed by atoms with Crippen molar-refractivity contribution in [3.63, 3.8) is 0 Å². The highest BCUT2D eigenvalue weighted by atomic mass is 19.1. The lowest BCUT2D eigenvalue weighted by molar-refractivity contribution is -0.115. The lowest BCUT2D eigenvalue weighted by Crippen LogP contribution is -2.43. The van der Waals surface area contributed by atoms with Gasteiger partial charge in [-0.25, -0.2) is 13.9 Å². The molecule has 8 nitrogen and oxygen atoms in total. The van der Waals surface area contributed by atoms with Crippen LogP contribution < -0.4 is 5.32 Å². The fourth-order valence-corrected chi connectivity index (χ4v) is 3.21. The molecular weight excluding hydrogens is 361 g/mol. The molecular formula is C19H22FN7O. The average Bonchev–Trinajstić information content (AvgIpc) is 3.08. The number of rotatable bonds is 5. The zero-order chi connectivity index (χ0) is 19.5. The van der Waals surface area contributed by atoms with Gasteiger partial charge in [0.2, 0.25) is 5.91 Å². The Balaban J connectivity index is 1.36. The Labute approximate surface area is 162 Å². The number of likely N-dealkylation sites (N-methyl/N-ethyl adjacent to an activating group) is 1. The monoisotopic (exact) mass is 383 g/mol. The normalized spacial score (nSPS) is 15.8. The van der Waals surface area contributed by atoms with E-state index in [0.29, 0.717) is 18.1 Å². The van der Waals surface area contributed by atoms with Crippen LogP contribution in [0.3, 0.4) is 0 Å². The third kappa shape index (κ3) is 4.32. The molecule has 1 amide bonds. The molecule has 1 aliphatic rings. The summed E-state index contributed by atoms with van der Waals surface area (Å²) < 4.78 is 15.9. The molecule has 4 rings (SSSR count). The quantitative estimate of drug-likeness (QED) is 0.713. The van der Waals surface area contributed by atoms with Crippen molar-refractivity contribution in [2.75, 3.05) is 38.5 Å². The third-order valence-corrected chi connectivity index (χ3v) is 4.79. The van der Waals surface area contributed by atoms with E-state index in [1.165, 1.54) is 10.6 Å². The maximum Gasteiger partial charge on any atom is 0.252 e. The number of carbonyl (C=O) groups excluding carboxylic acids is 1. The van der Waals surface area contributed by atoms with Gasteiger partial charge in [-0.2, -0.15) is 4.98 Å². The van der Waals surface area contributed by atoms with E-state index < -0.39 is 5.82 Å². The second-order valence-electron chi connectivity index (χ2n) is 7.01. The van der Waals surface area contributed by atoms with Crippen LogP contribution in [0, 0.1) is 5.82 Å². The zero-order valence-electron chi connectivity index (χ0n) is 15.7. The summed E-state index contributed by atoms with van der Waals surface area (Å²) in [4.78, 5) is 25.1. The van der Waals surface area contributed by atoms with Gasteiger partial charge >= 0.3 is 0 Å². The Morgan fingerprint density at radius 1 is 1.25 bits per heavy atom. The van der Waals surface area contributed by atoms with E-state index in [0.717, 1.165) is 31.7 Å². The van der Waals surface area contributed by atoms with Crippen molar-refractivity contribution in [1.29, 1.82) is 0 Å². The van der Waals surface area contributed by atoms with Gasteiger partial charge in [-0.3, -0.25) is 9.69 Å². The molecule has 1 fully saturated rings. The van der Waals surface area contributed by atoms with Crippen LogP contribution in [0.5, 0.6) is 0 Å². The number of piperazine rings is 1. The number of nitrogens with one attached hydrogen (secondary N) is 1. The third-order valence-electron chi connectivity index (χ3n) is 4.79. The highest BCUT2D eigenvalue weighted by molar-refractivity contribution is 5.92. The fourth-order valence-electron chi connectivity index (χ4n) is 3.21. The molecule has 9 heteroatoms. The van der Waals surface area contributed by atoms with Crippen LogP contribution in [0.1, 0.15) is 11.4 Å². The molecule has 28 heavy (non-hydrogen) atoms. The number of fused-ring (bicyclic) bond motifs is 1. The molecule has 0 atom stereocenters. The molecule has 0 saturated carbocycles. The minimum absolute atomic E-state index is 0.0498. The van der Waals surface area contributed by atoms with Gasteiger partial charge in [0.1, 0.15) is 5.82 Å². The van der Waals surface area contributed by atoms with E-state index in [9.17, 15) is 9.18 Å². The molecule has 0 unspecified atom stereocenters. The zero-order valence-corrected chi connectivity index (χ0v) is 15.7. The number of carbonyl (C=O) groups is 1. The van der Waals surface area contributed by atoms with Gasteiger partial charge in [0.05, 0.1) is 12.1 Å². The van der Waals surface area contributed by atoms with Gasteiger partial charge in [0.25, 0.3) is 5.78 Å². The summed E-state index contributed by atoms with van der Waals surface area (Å²) in [6, 6.07) is 6.67. The Morgan fingerprint density at radius 2 is 2.07 bits per heavy atom. The minimum atomic E-state index is -0.440. The standard InChI is InChI=1S/C19H22FN7O/c1-25-7-9-26(10-8-25)13-14-3-4-16(15(20)11-14)22-18(28)12-17-23-19-21-5-2-6-27(19)24-17/h2-6,11H,7-10,12-13H2,1H3,(H,22,28). The predicted octanol–water partition coefficient (Wildman–Crippen LogP) is 1.19. The highest BCUT2D eigenvalue weighted by Gasteiger charge is 2.16. The topological polar surface area (TPSA) is 78.7 Å². The maximum absolute atomic E-state index is 14.4. The van der Waals surface area contributed by atoms with Crippen LogP contribution in [-0.4, -0.2) is 68.5 Å². The van der Waals surface area contributed by atoms with Crippen molar-refractivity contribution in [1.82, 2.24) is 29.4 Å². The molecule has 1 N–H and O–H groups in total. The van der Waals surface area contributed by atoms with E-state index in [2.05, 4.69) is 37.2 Å². The van der Waals surface area contributed by atoms with Crippen LogP contribution >= 0.6 is 0 Å².